The number of carbonyl (C=O) groups excluding carboxylic acids is 2. The van der Waals surface area contributed by atoms with E-state index in [2.05, 4.69) is 5.32 Å². The van der Waals surface area contributed by atoms with Crippen molar-refractivity contribution in [2.24, 2.45) is 0 Å². The van der Waals surface area contributed by atoms with Crippen LogP contribution in [-0.2, 0) is 16.1 Å². The summed E-state index contributed by atoms with van der Waals surface area (Å²) in [5, 5.41) is 3.07. The molecule has 1 aromatic carbocycles. The van der Waals surface area contributed by atoms with Crippen LogP contribution in [0.4, 0.5) is 4.39 Å². The molecular weight excluding hydrogens is 271 g/mol. The van der Waals surface area contributed by atoms with E-state index in [0.717, 1.165) is 4.90 Å². The molecule has 1 unspecified atom stereocenters. The van der Waals surface area contributed by atoms with Crippen LogP contribution >= 0.6 is 11.6 Å². The lowest BCUT2D eigenvalue weighted by molar-refractivity contribution is -0.148. The monoisotopic (exact) mass is 284 g/mol. The Morgan fingerprint density at radius 2 is 2.21 bits per heavy atom. The molecule has 0 bridgehead atoms. The number of piperidine rings is 1. The lowest BCUT2D eigenvalue weighted by atomic mass is 10.0. The fraction of sp³-hybridized carbons (Fsp3) is 0.385. The van der Waals surface area contributed by atoms with Crippen molar-refractivity contribution < 1.29 is 14.0 Å². The minimum atomic E-state index is -0.483. The van der Waals surface area contributed by atoms with Gasteiger partial charge in [0.25, 0.3) is 0 Å². The third kappa shape index (κ3) is 2.93. The number of benzene rings is 1. The summed E-state index contributed by atoms with van der Waals surface area (Å²) in [6.07, 6.45) is 0.783. The average Bonchev–Trinajstić information content (AvgIpc) is 2.40. The number of likely N-dealkylation sites (tertiary alicyclic amines) is 1. The van der Waals surface area contributed by atoms with Crippen LogP contribution in [-0.4, -0.2) is 29.8 Å². The maximum atomic E-state index is 13.3. The number of nitrogens with one attached hydrogen (secondary N) is 1. The van der Waals surface area contributed by atoms with Crippen molar-refractivity contribution in [2.45, 2.75) is 25.4 Å². The number of nitrogens with zero attached hydrogens (tertiary/aromatic N) is 1. The highest BCUT2D eigenvalue weighted by Crippen LogP contribution is 2.20. The first kappa shape index (κ1) is 14.0. The van der Waals surface area contributed by atoms with Gasteiger partial charge < -0.3 is 5.32 Å². The van der Waals surface area contributed by atoms with E-state index in [1.54, 1.807) is 12.1 Å². The number of amides is 2. The molecule has 2 rings (SSSR count). The van der Waals surface area contributed by atoms with Crippen molar-refractivity contribution in [2.75, 3.05) is 7.05 Å². The van der Waals surface area contributed by atoms with E-state index in [1.807, 2.05) is 0 Å². The Balaban J connectivity index is 2.01. The molecule has 1 aromatic rings. The summed E-state index contributed by atoms with van der Waals surface area (Å²) in [6, 6.07) is 4.11. The van der Waals surface area contributed by atoms with Gasteiger partial charge in [0.05, 0.1) is 11.1 Å². The van der Waals surface area contributed by atoms with Crippen LogP contribution in [0.25, 0.3) is 0 Å². The second kappa shape index (κ2) is 5.67. The number of likely N-dealkylation sites (N-methyl/N-ethyl adjacent to an activating group) is 1. The lowest BCUT2D eigenvalue weighted by Gasteiger charge is -2.28. The van der Waals surface area contributed by atoms with E-state index >= 15 is 0 Å². The third-order valence-electron chi connectivity index (χ3n) is 3.22. The molecule has 6 heteroatoms. The van der Waals surface area contributed by atoms with Crippen LogP contribution in [0.5, 0.6) is 0 Å². The molecule has 0 saturated carbocycles. The normalized spacial score (nSPS) is 19.9. The summed E-state index contributed by atoms with van der Waals surface area (Å²) < 4.78 is 13.3. The molecule has 1 N–H and O–H groups in total. The van der Waals surface area contributed by atoms with Crippen molar-refractivity contribution in [3.8, 4) is 0 Å². The molecule has 1 aliphatic rings. The predicted octanol–water partition coefficient (Wildman–Crippen LogP) is 1.72. The van der Waals surface area contributed by atoms with E-state index < -0.39 is 11.9 Å². The second-order valence-corrected chi connectivity index (χ2v) is 4.85. The average molecular weight is 285 g/mol. The molecule has 4 nitrogen and oxygen atoms in total. The first-order valence-electron chi connectivity index (χ1n) is 5.97. The summed E-state index contributed by atoms with van der Waals surface area (Å²) in [4.78, 5) is 24.3. The minimum absolute atomic E-state index is 0.0580. The summed E-state index contributed by atoms with van der Waals surface area (Å²) in [6.45, 7) is 0.287. The Labute approximate surface area is 115 Å². The number of hydrogen-bond donors (Lipinski definition) is 1. The molecule has 0 aliphatic carbocycles. The summed E-state index contributed by atoms with van der Waals surface area (Å²) in [5.74, 6) is -0.918. The van der Waals surface area contributed by atoms with Gasteiger partial charge in [0.15, 0.2) is 0 Å². The molecule has 19 heavy (non-hydrogen) atoms. The van der Waals surface area contributed by atoms with Crippen LogP contribution in [0.1, 0.15) is 18.4 Å². The van der Waals surface area contributed by atoms with Crippen LogP contribution in [0, 0.1) is 5.82 Å². The number of carbonyl (C=O) groups is 2. The quantitative estimate of drug-likeness (QED) is 0.860. The maximum Gasteiger partial charge on any atom is 0.246 e. The fourth-order valence-corrected chi connectivity index (χ4v) is 2.22. The molecule has 0 spiro atoms. The van der Waals surface area contributed by atoms with Gasteiger partial charge in [-0.2, -0.15) is 0 Å². The van der Waals surface area contributed by atoms with Crippen molar-refractivity contribution in [3.63, 3.8) is 0 Å². The molecule has 1 heterocycles. The van der Waals surface area contributed by atoms with Crippen LogP contribution in [0.15, 0.2) is 18.2 Å². The van der Waals surface area contributed by atoms with E-state index in [0.29, 0.717) is 18.4 Å². The Bertz CT molecular complexity index is 521. The molecule has 1 saturated heterocycles. The van der Waals surface area contributed by atoms with Crippen LogP contribution < -0.4 is 5.32 Å². The van der Waals surface area contributed by atoms with Gasteiger partial charge in [-0.25, -0.2) is 4.39 Å². The zero-order valence-electron chi connectivity index (χ0n) is 10.5. The Hall–Kier alpha value is -1.46. The summed E-state index contributed by atoms with van der Waals surface area (Å²) in [7, 11) is 1.47. The first-order valence-corrected chi connectivity index (χ1v) is 6.35. The highest BCUT2D eigenvalue weighted by molar-refractivity contribution is 6.31. The minimum Gasteiger partial charge on any atom is -0.302 e. The largest absolute Gasteiger partial charge is 0.302 e. The van der Waals surface area contributed by atoms with Gasteiger partial charge in [0.1, 0.15) is 5.82 Å². The van der Waals surface area contributed by atoms with E-state index in [-0.39, 0.29) is 23.4 Å². The second-order valence-electron chi connectivity index (χ2n) is 4.48. The van der Waals surface area contributed by atoms with Crippen LogP contribution in [0.3, 0.4) is 0 Å². The Kier molecular flexibility index (Phi) is 4.17. The number of rotatable bonds is 3. The van der Waals surface area contributed by atoms with Gasteiger partial charge in [-0.15, -0.1) is 0 Å². The molecule has 1 fully saturated rings. The zero-order valence-corrected chi connectivity index (χ0v) is 11.2. The smallest absolute Gasteiger partial charge is 0.246 e. The first-order chi connectivity index (χ1) is 9.00. The van der Waals surface area contributed by atoms with Gasteiger partial charge in [0, 0.05) is 20.0 Å². The molecular formula is C13H14ClFN2O2. The number of halogens is 2. The van der Waals surface area contributed by atoms with Gasteiger partial charge in [0.2, 0.25) is 11.8 Å². The van der Waals surface area contributed by atoms with E-state index in [9.17, 15) is 14.0 Å². The summed E-state index contributed by atoms with van der Waals surface area (Å²) >= 11 is 5.83. The molecule has 1 aliphatic heterocycles. The molecule has 1 atom stereocenters. The van der Waals surface area contributed by atoms with Gasteiger partial charge in [-0.1, -0.05) is 23.7 Å². The Morgan fingerprint density at radius 3 is 2.95 bits per heavy atom. The molecule has 102 valence electrons. The van der Waals surface area contributed by atoms with Gasteiger partial charge in [-0.05, 0) is 18.1 Å². The zero-order chi connectivity index (χ0) is 14.0. The Morgan fingerprint density at radius 1 is 1.47 bits per heavy atom. The summed E-state index contributed by atoms with van der Waals surface area (Å²) in [5.41, 5.74) is 0.592. The van der Waals surface area contributed by atoms with Gasteiger partial charge >= 0.3 is 0 Å². The van der Waals surface area contributed by atoms with Gasteiger partial charge in [-0.3, -0.25) is 14.5 Å². The van der Waals surface area contributed by atoms with E-state index in [1.165, 1.54) is 13.1 Å². The third-order valence-corrected chi connectivity index (χ3v) is 3.64. The maximum absolute atomic E-state index is 13.3. The predicted molar refractivity (Wildman–Crippen MR) is 69.0 cm³/mol. The van der Waals surface area contributed by atoms with E-state index in [4.69, 9.17) is 11.6 Å². The fourth-order valence-electron chi connectivity index (χ4n) is 2.02. The number of hydrogen-bond acceptors (Lipinski definition) is 3. The molecule has 0 aromatic heterocycles. The SMILES string of the molecule is CN1C(=O)CCC(NCc2cccc(F)c2Cl)C1=O. The molecule has 0 radical (unpaired) electrons. The molecule has 2 amide bonds. The van der Waals surface area contributed by atoms with Crippen molar-refractivity contribution in [1.82, 2.24) is 10.2 Å². The van der Waals surface area contributed by atoms with Crippen molar-refractivity contribution in [1.29, 1.82) is 0 Å². The van der Waals surface area contributed by atoms with Crippen molar-refractivity contribution in [3.05, 3.63) is 34.6 Å². The standard InChI is InChI=1S/C13H14ClFN2O2/c1-17-11(18)6-5-10(13(17)19)16-7-8-3-2-4-9(15)12(8)14/h2-4,10,16H,5-7H2,1H3. The highest BCUT2D eigenvalue weighted by atomic mass is 35.5. The van der Waals surface area contributed by atoms with Crippen molar-refractivity contribution >= 4 is 23.4 Å². The highest BCUT2D eigenvalue weighted by Gasteiger charge is 2.31. The van der Waals surface area contributed by atoms with Crippen LogP contribution in [0.2, 0.25) is 5.02 Å². The lowest BCUT2D eigenvalue weighted by Crippen LogP contribution is -2.51. The number of imide groups is 1. The topological polar surface area (TPSA) is 49.4 Å².